The van der Waals surface area contributed by atoms with E-state index in [9.17, 15) is 4.79 Å². The lowest BCUT2D eigenvalue weighted by Gasteiger charge is -2.30. The number of nitrogens with zero attached hydrogens (tertiary/aromatic N) is 1. The Morgan fingerprint density at radius 3 is 2.80 bits per heavy atom. The lowest BCUT2D eigenvalue weighted by atomic mass is 9.83. The summed E-state index contributed by atoms with van der Waals surface area (Å²) in [5.41, 5.74) is 0.330. The van der Waals surface area contributed by atoms with E-state index in [4.69, 9.17) is 11.6 Å². The molecule has 1 heterocycles. The van der Waals surface area contributed by atoms with E-state index in [1.807, 2.05) is 50.1 Å². The zero-order valence-corrected chi connectivity index (χ0v) is 13.2. The Kier molecular flexibility index (Phi) is 4.71. The van der Waals surface area contributed by atoms with Gasteiger partial charge in [-0.15, -0.1) is 0 Å². The third kappa shape index (κ3) is 2.99. The highest BCUT2D eigenvalue weighted by molar-refractivity contribution is 6.31. The van der Waals surface area contributed by atoms with Gasteiger partial charge >= 0.3 is 0 Å². The maximum Gasteiger partial charge on any atom is 0.232 e. The van der Waals surface area contributed by atoms with Crippen molar-refractivity contribution in [1.82, 2.24) is 10.2 Å². The Hall–Kier alpha value is -1.06. The number of amides is 1. The molecule has 1 atom stereocenters. The summed E-state index contributed by atoms with van der Waals surface area (Å²) in [4.78, 5) is 14.8. The van der Waals surface area contributed by atoms with Crippen LogP contribution in [0.2, 0.25) is 5.02 Å². The summed E-state index contributed by atoms with van der Waals surface area (Å²) in [6.45, 7) is 6.58. The second-order valence-electron chi connectivity index (χ2n) is 6.07. The van der Waals surface area contributed by atoms with Crippen LogP contribution in [0.3, 0.4) is 0 Å². The molecule has 1 amide bonds. The average Bonchev–Trinajstić information content (AvgIpc) is 2.87. The fourth-order valence-corrected chi connectivity index (χ4v) is 3.32. The second kappa shape index (κ2) is 6.15. The third-order valence-corrected chi connectivity index (χ3v) is 4.48. The molecule has 0 radical (unpaired) electrons. The van der Waals surface area contributed by atoms with Crippen molar-refractivity contribution < 1.29 is 4.79 Å². The fourth-order valence-electron chi connectivity index (χ4n) is 2.95. The third-order valence-electron chi connectivity index (χ3n) is 4.15. The van der Waals surface area contributed by atoms with E-state index in [0.717, 1.165) is 31.6 Å². The summed E-state index contributed by atoms with van der Waals surface area (Å²) in [5, 5.41) is 3.85. The molecule has 1 aromatic carbocycles. The van der Waals surface area contributed by atoms with Gasteiger partial charge in [-0.3, -0.25) is 4.79 Å². The van der Waals surface area contributed by atoms with E-state index < -0.39 is 5.41 Å². The van der Waals surface area contributed by atoms with Gasteiger partial charge in [0, 0.05) is 18.1 Å². The first kappa shape index (κ1) is 15.3. The monoisotopic (exact) mass is 294 g/mol. The first-order valence-electron chi connectivity index (χ1n) is 7.15. The van der Waals surface area contributed by atoms with Crippen LogP contribution < -0.4 is 5.32 Å². The van der Waals surface area contributed by atoms with Crippen LogP contribution in [-0.2, 0) is 10.2 Å². The van der Waals surface area contributed by atoms with Crippen molar-refractivity contribution in [2.45, 2.75) is 25.7 Å². The van der Waals surface area contributed by atoms with E-state index in [0.29, 0.717) is 10.9 Å². The van der Waals surface area contributed by atoms with Crippen LogP contribution in [0.5, 0.6) is 0 Å². The molecule has 0 aromatic heterocycles. The number of nitrogens with one attached hydrogen (secondary N) is 1. The molecule has 0 unspecified atom stereocenters. The zero-order valence-electron chi connectivity index (χ0n) is 12.4. The normalized spacial score (nSPS) is 19.4. The lowest BCUT2D eigenvalue weighted by molar-refractivity contribution is -0.135. The Morgan fingerprint density at radius 2 is 2.15 bits per heavy atom. The van der Waals surface area contributed by atoms with Crippen LogP contribution in [0, 0.1) is 5.92 Å². The van der Waals surface area contributed by atoms with Crippen LogP contribution in [0.15, 0.2) is 24.3 Å². The van der Waals surface area contributed by atoms with Crippen molar-refractivity contribution in [2.75, 3.05) is 26.7 Å². The molecule has 3 nitrogen and oxygen atoms in total. The van der Waals surface area contributed by atoms with Gasteiger partial charge < -0.3 is 10.2 Å². The van der Waals surface area contributed by atoms with Crippen LogP contribution >= 0.6 is 11.6 Å². The van der Waals surface area contributed by atoms with Crippen LogP contribution in [0.4, 0.5) is 0 Å². The quantitative estimate of drug-likeness (QED) is 0.926. The van der Waals surface area contributed by atoms with Crippen molar-refractivity contribution in [1.29, 1.82) is 0 Å². The molecule has 1 N–H and O–H groups in total. The van der Waals surface area contributed by atoms with Crippen LogP contribution in [0.25, 0.3) is 0 Å². The maximum atomic E-state index is 12.8. The molecule has 0 aliphatic carbocycles. The molecule has 0 spiro atoms. The molecule has 2 rings (SSSR count). The molecular weight excluding hydrogens is 272 g/mol. The summed E-state index contributed by atoms with van der Waals surface area (Å²) in [5.74, 6) is 0.732. The number of halogens is 1. The molecule has 4 heteroatoms. The maximum absolute atomic E-state index is 12.8. The highest BCUT2D eigenvalue weighted by Gasteiger charge is 2.37. The van der Waals surface area contributed by atoms with Crippen molar-refractivity contribution >= 4 is 17.5 Å². The topological polar surface area (TPSA) is 32.3 Å². The highest BCUT2D eigenvalue weighted by Crippen LogP contribution is 2.33. The molecule has 0 saturated carbocycles. The van der Waals surface area contributed by atoms with E-state index in [-0.39, 0.29) is 5.91 Å². The molecule has 1 saturated heterocycles. The average molecular weight is 295 g/mol. The summed E-state index contributed by atoms with van der Waals surface area (Å²) >= 11 is 6.26. The SMILES string of the molecule is CNC[C@H]1CCN(C(=O)C(C)(C)c2ccccc2Cl)C1. The van der Waals surface area contributed by atoms with E-state index in [2.05, 4.69) is 5.32 Å². The second-order valence-corrected chi connectivity index (χ2v) is 6.48. The smallest absolute Gasteiger partial charge is 0.232 e. The van der Waals surface area contributed by atoms with Crippen molar-refractivity contribution in [2.24, 2.45) is 5.92 Å². The summed E-state index contributed by atoms with van der Waals surface area (Å²) < 4.78 is 0. The Bertz CT molecular complexity index is 487. The number of carbonyl (C=O) groups excluding carboxylic acids is 1. The van der Waals surface area contributed by atoms with Crippen molar-refractivity contribution in [3.63, 3.8) is 0 Å². The van der Waals surface area contributed by atoms with Gasteiger partial charge in [-0.1, -0.05) is 29.8 Å². The van der Waals surface area contributed by atoms with Gasteiger partial charge in [0.1, 0.15) is 0 Å². The Labute approximate surface area is 126 Å². The van der Waals surface area contributed by atoms with Gasteiger partial charge in [-0.25, -0.2) is 0 Å². The number of likely N-dealkylation sites (tertiary alicyclic amines) is 1. The molecule has 110 valence electrons. The van der Waals surface area contributed by atoms with Crippen molar-refractivity contribution in [3.05, 3.63) is 34.9 Å². The number of hydrogen-bond acceptors (Lipinski definition) is 2. The molecule has 0 bridgehead atoms. The standard InChI is InChI=1S/C16H23ClN2O/c1-16(2,13-6-4-5-7-14(13)17)15(20)19-9-8-12(11-19)10-18-3/h4-7,12,18H,8-11H2,1-3H3/t12-/m1/s1. The predicted molar refractivity (Wildman–Crippen MR) is 83.1 cm³/mol. The fraction of sp³-hybridized carbons (Fsp3) is 0.562. The van der Waals surface area contributed by atoms with Gasteiger partial charge in [-0.05, 0) is 51.4 Å². The minimum atomic E-state index is -0.577. The molecule has 1 fully saturated rings. The number of rotatable bonds is 4. The zero-order chi connectivity index (χ0) is 14.8. The highest BCUT2D eigenvalue weighted by atomic mass is 35.5. The van der Waals surface area contributed by atoms with Crippen LogP contribution in [0.1, 0.15) is 25.8 Å². The molecule has 20 heavy (non-hydrogen) atoms. The van der Waals surface area contributed by atoms with Gasteiger partial charge in [0.05, 0.1) is 5.41 Å². The lowest BCUT2D eigenvalue weighted by Crippen LogP contribution is -2.42. The molecule has 1 aliphatic heterocycles. The Balaban J connectivity index is 2.14. The summed E-state index contributed by atoms with van der Waals surface area (Å²) in [6, 6.07) is 7.62. The van der Waals surface area contributed by atoms with Gasteiger partial charge in [0.15, 0.2) is 0 Å². The molecule has 1 aliphatic rings. The van der Waals surface area contributed by atoms with E-state index >= 15 is 0 Å². The predicted octanol–water partition coefficient (Wildman–Crippen LogP) is 2.69. The number of carbonyl (C=O) groups is 1. The number of benzene rings is 1. The largest absolute Gasteiger partial charge is 0.342 e. The van der Waals surface area contributed by atoms with Gasteiger partial charge in [-0.2, -0.15) is 0 Å². The van der Waals surface area contributed by atoms with Crippen molar-refractivity contribution in [3.8, 4) is 0 Å². The van der Waals surface area contributed by atoms with Gasteiger partial charge in [0.25, 0.3) is 0 Å². The minimum absolute atomic E-state index is 0.171. The summed E-state index contributed by atoms with van der Waals surface area (Å²) in [7, 11) is 1.96. The first-order chi connectivity index (χ1) is 9.46. The molecule has 1 aromatic rings. The minimum Gasteiger partial charge on any atom is -0.342 e. The Morgan fingerprint density at radius 1 is 1.45 bits per heavy atom. The van der Waals surface area contributed by atoms with E-state index in [1.165, 1.54) is 0 Å². The van der Waals surface area contributed by atoms with Gasteiger partial charge in [0.2, 0.25) is 5.91 Å². The molecular formula is C16H23ClN2O. The van der Waals surface area contributed by atoms with E-state index in [1.54, 1.807) is 0 Å². The first-order valence-corrected chi connectivity index (χ1v) is 7.53. The van der Waals surface area contributed by atoms with Crippen LogP contribution in [-0.4, -0.2) is 37.5 Å². The summed E-state index contributed by atoms with van der Waals surface area (Å²) in [6.07, 6.45) is 1.07. The number of hydrogen-bond donors (Lipinski definition) is 1.